The van der Waals surface area contributed by atoms with Gasteiger partial charge >= 0.3 is 58.4 Å². The van der Waals surface area contributed by atoms with Gasteiger partial charge in [0.1, 0.15) is 0 Å². The number of hydrogen-bond acceptors (Lipinski definition) is 2. The topological polar surface area (TPSA) is 12.9 Å². The molecule has 0 N–H and O–H groups in total. The molecular formula is C3HBF4KNS. The number of thiazole rings is 1. The minimum Gasteiger partial charge on any atom is -0.444 e. The van der Waals surface area contributed by atoms with Gasteiger partial charge in [0.25, 0.3) is 5.26 Å². The zero-order valence-electron chi connectivity index (χ0n) is 5.52. The standard InChI is InChI=1S/C3HBF4NS.K/c5-3-9-2(1-10-3)4(6,7)8;/h1H;/q-1;+1. The molecule has 0 fully saturated rings. The molecular weight excluding hydrogens is 208 g/mol. The van der Waals surface area contributed by atoms with E-state index in [1.165, 1.54) is 0 Å². The molecule has 0 spiro atoms. The van der Waals surface area contributed by atoms with E-state index >= 15 is 0 Å². The molecule has 1 nitrogen and oxygen atoms in total. The van der Waals surface area contributed by atoms with Gasteiger partial charge < -0.3 is 12.9 Å². The van der Waals surface area contributed by atoms with E-state index in [4.69, 9.17) is 0 Å². The van der Waals surface area contributed by atoms with Gasteiger partial charge in [0.15, 0.2) is 0 Å². The molecule has 0 unspecified atom stereocenters. The van der Waals surface area contributed by atoms with Crippen molar-refractivity contribution in [3.05, 3.63) is 10.6 Å². The maximum atomic E-state index is 11.9. The van der Waals surface area contributed by atoms with Crippen LogP contribution in [0.1, 0.15) is 0 Å². The van der Waals surface area contributed by atoms with Crippen LogP contribution in [0.25, 0.3) is 0 Å². The molecule has 0 aliphatic rings. The molecule has 0 saturated carbocycles. The number of halogens is 4. The second-order valence-corrected chi connectivity index (χ2v) is 2.41. The Balaban J connectivity index is 0.000001000. The summed E-state index contributed by atoms with van der Waals surface area (Å²) in [7, 11) is 0. The largest absolute Gasteiger partial charge is 1.00 e. The van der Waals surface area contributed by atoms with Crippen molar-refractivity contribution < 1.29 is 68.7 Å². The van der Waals surface area contributed by atoms with Gasteiger partial charge in [0.2, 0.25) is 0 Å². The van der Waals surface area contributed by atoms with E-state index in [-0.39, 0.29) is 51.4 Å². The molecule has 11 heavy (non-hydrogen) atoms. The molecule has 0 radical (unpaired) electrons. The maximum Gasteiger partial charge on any atom is 1.00 e. The fourth-order valence-corrected chi connectivity index (χ4v) is 0.997. The summed E-state index contributed by atoms with van der Waals surface area (Å²) in [5.74, 6) is 0. The van der Waals surface area contributed by atoms with E-state index in [1.807, 2.05) is 0 Å². The third-order valence-electron chi connectivity index (χ3n) is 0.829. The first kappa shape index (κ1) is 12.1. The van der Waals surface area contributed by atoms with Crippen molar-refractivity contribution >= 4 is 23.9 Å². The fourth-order valence-electron chi connectivity index (χ4n) is 0.414. The predicted molar refractivity (Wildman–Crippen MR) is 30.8 cm³/mol. The molecule has 0 atom stereocenters. The van der Waals surface area contributed by atoms with Gasteiger partial charge in [-0.2, -0.15) is 4.39 Å². The van der Waals surface area contributed by atoms with Gasteiger partial charge in [-0.25, -0.2) is 4.98 Å². The molecule has 56 valence electrons. The van der Waals surface area contributed by atoms with Crippen LogP contribution < -0.4 is 57.0 Å². The smallest absolute Gasteiger partial charge is 0.444 e. The molecule has 0 bridgehead atoms. The predicted octanol–water partition coefficient (Wildman–Crippen LogP) is -1.66. The Hall–Kier alpha value is 1.05. The first-order valence-electron chi connectivity index (χ1n) is 2.31. The Labute approximate surface area is 107 Å². The summed E-state index contributed by atoms with van der Waals surface area (Å²) >= 11 is 0.349. The molecule has 0 saturated heterocycles. The molecule has 0 amide bonds. The molecule has 1 aromatic heterocycles. The average molecular weight is 209 g/mol. The van der Waals surface area contributed by atoms with Gasteiger partial charge in [-0.05, 0) is 11.0 Å². The number of hydrogen-bond donors (Lipinski definition) is 0. The van der Waals surface area contributed by atoms with Crippen LogP contribution in [0.4, 0.5) is 17.3 Å². The summed E-state index contributed by atoms with van der Waals surface area (Å²) in [5.41, 5.74) is -1.11. The molecule has 0 aliphatic heterocycles. The van der Waals surface area contributed by atoms with Gasteiger partial charge in [-0.3, -0.25) is 0 Å². The molecule has 0 aromatic carbocycles. The first-order valence-corrected chi connectivity index (χ1v) is 3.19. The minimum atomic E-state index is -5.12. The van der Waals surface area contributed by atoms with Crippen LogP contribution >= 0.6 is 11.3 Å². The van der Waals surface area contributed by atoms with E-state index in [9.17, 15) is 17.3 Å². The molecule has 1 heterocycles. The first-order chi connectivity index (χ1) is 4.50. The summed E-state index contributed by atoms with van der Waals surface area (Å²) in [5, 5.41) is -0.385. The van der Waals surface area contributed by atoms with Crippen molar-refractivity contribution in [2.45, 2.75) is 0 Å². The van der Waals surface area contributed by atoms with Crippen LogP contribution in [0, 0.1) is 5.26 Å². The molecule has 8 heteroatoms. The van der Waals surface area contributed by atoms with Crippen molar-refractivity contribution in [3.8, 4) is 0 Å². The van der Waals surface area contributed by atoms with E-state index in [0.29, 0.717) is 16.7 Å². The number of rotatable bonds is 1. The Morgan fingerprint density at radius 1 is 1.36 bits per heavy atom. The van der Waals surface area contributed by atoms with E-state index in [0.717, 1.165) is 0 Å². The van der Waals surface area contributed by atoms with Crippen molar-refractivity contribution in [3.63, 3.8) is 0 Å². The SMILES string of the molecule is Fc1nc([B-](F)(F)F)cs1.[K+]. The van der Waals surface area contributed by atoms with Crippen LogP contribution in [0.2, 0.25) is 0 Å². The van der Waals surface area contributed by atoms with Crippen molar-refractivity contribution in [1.82, 2.24) is 4.98 Å². The zero-order valence-corrected chi connectivity index (χ0v) is 9.46. The number of aromatic nitrogens is 1. The van der Waals surface area contributed by atoms with Crippen molar-refractivity contribution in [1.29, 1.82) is 0 Å². The Bertz CT molecular complexity index is 235. The van der Waals surface area contributed by atoms with Gasteiger partial charge in [-0.1, -0.05) is 11.3 Å². The van der Waals surface area contributed by atoms with Crippen LogP contribution in [0.15, 0.2) is 5.38 Å². The molecule has 1 aromatic rings. The fraction of sp³-hybridized carbons (Fsp3) is 0. The Morgan fingerprint density at radius 3 is 2.09 bits per heavy atom. The summed E-state index contributed by atoms with van der Waals surface area (Å²) in [4.78, 5) is 2.64. The second-order valence-electron chi connectivity index (χ2n) is 1.60. The quantitative estimate of drug-likeness (QED) is 0.398. The van der Waals surface area contributed by atoms with Crippen LogP contribution in [-0.4, -0.2) is 12.0 Å². The Morgan fingerprint density at radius 2 is 1.91 bits per heavy atom. The summed E-state index contributed by atoms with van der Waals surface area (Å²) < 4.78 is 46.8. The molecule has 1 rings (SSSR count). The summed E-state index contributed by atoms with van der Waals surface area (Å²) in [6, 6.07) is 0. The minimum absolute atomic E-state index is 0. The average Bonchev–Trinajstić information content (AvgIpc) is 2.11. The summed E-state index contributed by atoms with van der Waals surface area (Å²) in [6.45, 7) is -5.12. The van der Waals surface area contributed by atoms with Gasteiger partial charge in [0, 0.05) is 0 Å². The van der Waals surface area contributed by atoms with Crippen LogP contribution in [-0.2, 0) is 0 Å². The van der Waals surface area contributed by atoms with Crippen LogP contribution in [0.5, 0.6) is 0 Å². The molecule has 0 aliphatic carbocycles. The zero-order chi connectivity index (χ0) is 7.78. The van der Waals surface area contributed by atoms with E-state index in [1.54, 1.807) is 0 Å². The van der Waals surface area contributed by atoms with E-state index in [2.05, 4.69) is 4.98 Å². The van der Waals surface area contributed by atoms with Gasteiger partial charge in [0.05, 0.1) is 0 Å². The van der Waals surface area contributed by atoms with Crippen molar-refractivity contribution in [2.75, 3.05) is 0 Å². The van der Waals surface area contributed by atoms with Gasteiger partial charge in [-0.15, -0.1) is 0 Å². The number of nitrogens with zero attached hydrogens (tertiary/aromatic N) is 1. The van der Waals surface area contributed by atoms with Crippen LogP contribution in [0.3, 0.4) is 0 Å². The maximum absolute atomic E-state index is 11.9. The van der Waals surface area contributed by atoms with Crippen molar-refractivity contribution in [2.24, 2.45) is 0 Å². The second kappa shape index (κ2) is 4.33. The third kappa shape index (κ3) is 3.51. The monoisotopic (exact) mass is 209 g/mol. The normalized spacial score (nSPS) is 10.9. The third-order valence-corrected chi connectivity index (χ3v) is 1.47. The van der Waals surface area contributed by atoms with E-state index < -0.39 is 17.8 Å². The Kier molecular flexibility index (Phi) is 4.75. The summed E-state index contributed by atoms with van der Waals surface area (Å²) in [6.07, 6.45) is 0.